The van der Waals surface area contributed by atoms with E-state index >= 15 is 0 Å². The van der Waals surface area contributed by atoms with E-state index in [2.05, 4.69) is 9.71 Å². The summed E-state index contributed by atoms with van der Waals surface area (Å²) in [5.74, 6) is 0. The summed E-state index contributed by atoms with van der Waals surface area (Å²) in [5.41, 5.74) is 1.72. The Bertz CT molecular complexity index is 1060. The van der Waals surface area contributed by atoms with E-state index in [4.69, 9.17) is 0 Å². The summed E-state index contributed by atoms with van der Waals surface area (Å²) in [7, 11) is -3.39. The van der Waals surface area contributed by atoms with Gasteiger partial charge in [0.25, 0.3) is 0 Å². The number of pyridine rings is 1. The average Bonchev–Trinajstić information content (AvgIpc) is 2.56. The second-order valence-electron chi connectivity index (χ2n) is 5.28. The van der Waals surface area contributed by atoms with Crippen LogP contribution in [0.1, 0.15) is 5.56 Å². The van der Waals surface area contributed by atoms with Crippen LogP contribution in [0.2, 0.25) is 0 Å². The van der Waals surface area contributed by atoms with Gasteiger partial charge >= 0.3 is 0 Å². The summed E-state index contributed by atoms with van der Waals surface area (Å²) in [6.07, 6.45) is 2.78. The summed E-state index contributed by atoms with van der Waals surface area (Å²) in [6, 6.07) is 10.3. The number of rotatable bonds is 2. The molecule has 0 aliphatic carbocycles. The van der Waals surface area contributed by atoms with E-state index in [0.717, 1.165) is 17.2 Å². The zero-order valence-corrected chi connectivity index (χ0v) is 12.9. The van der Waals surface area contributed by atoms with E-state index in [0.29, 0.717) is 22.0 Å². The van der Waals surface area contributed by atoms with Gasteiger partial charge in [-0.05, 0) is 42.1 Å². The summed E-state index contributed by atoms with van der Waals surface area (Å²) in [5, 5.41) is 1.71. The lowest BCUT2D eigenvalue weighted by Gasteiger charge is -2.03. The zero-order valence-electron chi connectivity index (χ0n) is 12.1. The third-order valence-electron chi connectivity index (χ3n) is 3.32. The highest BCUT2D eigenvalue weighted by Crippen LogP contribution is 2.19. The van der Waals surface area contributed by atoms with Crippen LogP contribution in [0, 0.1) is 6.92 Å². The Hall–Kier alpha value is -2.47. The van der Waals surface area contributed by atoms with Crippen molar-refractivity contribution in [3.8, 4) is 0 Å². The van der Waals surface area contributed by atoms with Crippen molar-refractivity contribution in [3.63, 3.8) is 0 Å². The quantitative estimate of drug-likeness (QED) is 0.788. The van der Waals surface area contributed by atoms with Crippen LogP contribution in [0.15, 0.2) is 47.4 Å². The third-order valence-corrected chi connectivity index (χ3v) is 3.93. The highest BCUT2D eigenvalue weighted by molar-refractivity contribution is 7.92. The number of anilines is 1. The third kappa shape index (κ3) is 2.78. The van der Waals surface area contributed by atoms with Gasteiger partial charge in [0.1, 0.15) is 0 Å². The summed E-state index contributed by atoms with van der Waals surface area (Å²) >= 11 is 0. The molecule has 0 saturated heterocycles. The van der Waals surface area contributed by atoms with Gasteiger partial charge in [-0.3, -0.25) is 14.5 Å². The first kappa shape index (κ1) is 14.5. The van der Waals surface area contributed by atoms with Gasteiger partial charge in [-0.2, -0.15) is 0 Å². The van der Waals surface area contributed by atoms with Gasteiger partial charge in [0, 0.05) is 22.7 Å². The van der Waals surface area contributed by atoms with E-state index in [1.165, 1.54) is 0 Å². The summed E-state index contributed by atoms with van der Waals surface area (Å²) < 4.78 is 25.1. The first-order valence-electron chi connectivity index (χ1n) is 6.65. The van der Waals surface area contributed by atoms with Crippen molar-refractivity contribution in [3.05, 3.63) is 58.4 Å². The van der Waals surface area contributed by atoms with Crippen molar-refractivity contribution in [2.24, 2.45) is 0 Å². The van der Waals surface area contributed by atoms with Gasteiger partial charge in [-0.25, -0.2) is 8.42 Å². The standard InChI is InChI=1S/C16H14N2O3S/c1-10-7-14-15(17-9-10)6-4-11-3-5-12(18-22(2,20)21)8-13(11)16(14)19/h3-9,18H,1-2H3. The van der Waals surface area contributed by atoms with Crippen molar-refractivity contribution in [2.45, 2.75) is 6.92 Å². The molecule has 5 nitrogen and oxygen atoms in total. The molecule has 0 spiro atoms. The first-order valence-corrected chi connectivity index (χ1v) is 8.54. The van der Waals surface area contributed by atoms with Crippen LogP contribution in [-0.2, 0) is 10.0 Å². The van der Waals surface area contributed by atoms with E-state index in [1.807, 2.05) is 13.0 Å². The molecule has 6 heteroatoms. The smallest absolute Gasteiger partial charge is 0.229 e. The van der Waals surface area contributed by atoms with Crippen molar-refractivity contribution in [1.82, 2.24) is 4.98 Å². The molecule has 0 aliphatic heterocycles. The molecule has 3 aromatic rings. The van der Waals surface area contributed by atoms with Gasteiger partial charge in [0.15, 0.2) is 5.43 Å². The Morgan fingerprint density at radius 1 is 1.05 bits per heavy atom. The molecule has 0 bridgehead atoms. The molecule has 1 aromatic heterocycles. The number of hydrogen-bond donors (Lipinski definition) is 1. The molecule has 0 unspecified atom stereocenters. The van der Waals surface area contributed by atoms with Gasteiger partial charge in [0.05, 0.1) is 11.8 Å². The maximum Gasteiger partial charge on any atom is 0.229 e. The molecule has 0 atom stereocenters. The van der Waals surface area contributed by atoms with Crippen molar-refractivity contribution in [1.29, 1.82) is 0 Å². The van der Waals surface area contributed by atoms with Gasteiger partial charge < -0.3 is 0 Å². The monoisotopic (exact) mass is 314 g/mol. The van der Waals surface area contributed by atoms with Crippen LogP contribution in [0.5, 0.6) is 0 Å². The molecule has 0 amide bonds. The number of aryl methyl sites for hydroxylation is 1. The van der Waals surface area contributed by atoms with Crippen LogP contribution in [0.25, 0.3) is 21.7 Å². The Balaban J connectivity index is 2.38. The number of nitrogens with one attached hydrogen (secondary N) is 1. The van der Waals surface area contributed by atoms with Crippen molar-refractivity contribution in [2.75, 3.05) is 11.0 Å². The van der Waals surface area contributed by atoms with Gasteiger partial charge in [-0.15, -0.1) is 0 Å². The number of aromatic nitrogens is 1. The molecule has 0 aliphatic rings. The Morgan fingerprint density at radius 2 is 1.77 bits per heavy atom. The number of benzene rings is 1. The maximum absolute atomic E-state index is 12.7. The maximum atomic E-state index is 12.7. The molecule has 0 saturated carbocycles. The van der Waals surface area contributed by atoms with Crippen molar-refractivity contribution < 1.29 is 8.42 Å². The molecule has 1 heterocycles. The van der Waals surface area contributed by atoms with Gasteiger partial charge in [-0.1, -0.05) is 12.1 Å². The highest BCUT2D eigenvalue weighted by atomic mass is 32.2. The molecule has 22 heavy (non-hydrogen) atoms. The van der Waals surface area contributed by atoms with Crippen LogP contribution < -0.4 is 10.2 Å². The predicted octanol–water partition coefficient (Wildman–Crippen LogP) is 2.43. The molecule has 3 rings (SSSR count). The topological polar surface area (TPSA) is 76.1 Å². The minimum atomic E-state index is -3.39. The minimum Gasteiger partial charge on any atom is -0.289 e. The summed E-state index contributed by atoms with van der Waals surface area (Å²) in [6.45, 7) is 1.87. The largest absolute Gasteiger partial charge is 0.289 e. The summed E-state index contributed by atoms with van der Waals surface area (Å²) in [4.78, 5) is 17.0. The van der Waals surface area contributed by atoms with Gasteiger partial charge in [0.2, 0.25) is 10.0 Å². The van der Waals surface area contributed by atoms with Crippen LogP contribution >= 0.6 is 0 Å². The lowest BCUT2D eigenvalue weighted by molar-refractivity contribution is 0.607. The number of hydrogen-bond acceptors (Lipinski definition) is 4. The lowest BCUT2D eigenvalue weighted by Crippen LogP contribution is -2.10. The highest BCUT2D eigenvalue weighted by Gasteiger charge is 2.07. The molecule has 0 radical (unpaired) electrons. The van der Waals surface area contributed by atoms with E-state index in [1.54, 1.807) is 36.5 Å². The van der Waals surface area contributed by atoms with E-state index in [9.17, 15) is 13.2 Å². The van der Waals surface area contributed by atoms with Crippen molar-refractivity contribution >= 4 is 37.4 Å². The molecule has 0 fully saturated rings. The number of sulfonamides is 1. The number of nitrogens with zero attached hydrogens (tertiary/aromatic N) is 1. The SMILES string of the molecule is Cc1cnc2ccc3ccc(NS(C)(=O)=O)cc3c(=O)c2c1. The molecule has 2 aromatic carbocycles. The van der Waals surface area contributed by atoms with Crippen LogP contribution in [0.3, 0.4) is 0 Å². The predicted molar refractivity (Wildman–Crippen MR) is 88.7 cm³/mol. The average molecular weight is 314 g/mol. The second kappa shape index (κ2) is 5.06. The first-order chi connectivity index (χ1) is 10.3. The molecule has 112 valence electrons. The Labute approximate surface area is 127 Å². The number of fused-ring (bicyclic) bond motifs is 2. The minimum absolute atomic E-state index is 0.164. The van der Waals surface area contributed by atoms with E-state index < -0.39 is 10.0 Å². The Kier molecular flexibility index (Phi) is 3.33. The molecule has 1 N–H and O–H groups in total. The fraction of sp³-hybridized carbons (Fsp3) is 0.125. The molecular formula is C16H14N2O3S. The normalized spacial score (nSPS) is 11.7. The van der Waals surface area contributed by atoms with Crippen LogP contribution in [-0.4, -0.2) is 19.7 Å². The lowest BCUT2D eigenvalue weighted by atomic mass is 10.1. The second-order valence-corrected chi connectivity index (χ2v) is 7.03. The van der Waals surface area contributed by atoms with E-state index in [-0.39, 0.29) is 5.43 Å². The zero-order chi connectivity index (χ0) is 15.9. The fourth-order valence-electron chi connectivity index (χ4n) is 2.38. The van der Waals surface area contributed by atoms with Crippen LogP contribution in [0.4, 0.5) is 5.69 Å². The molecular weight excluding hydrogens is 300 g/mol. The fourth-order valence-corrected chi connectivity index (χ4v) is 2.94. The Morgan fingerprint density at radius 3 is 2.50 bits per heavy atom.